The highest BCUT2D eigenvalue weighted by Gasteiger charge is 2.36. The molecule has 2 aliphatic rings. The van der Waals surface area contributed by atoms with Crippen molar-refractivity contribution in [2.75, 3.05) is 37.7 Å². The van der Waals surface area contributed by atoms with E-state index in [1.165, 1.54) is 4.90 Å². The topological polar surface area (TPSA) is 75.9 Å². The first kappa shape index (κ1) is 14.5. The monoisotopic (exact) mass is 353 g/mol. The summed E-state index contributed by atoms with van der Waals surface area (Å²) in [4.78, 5) is 27.8. The van der Waals surface area contributed by atoms with Gasteiger partial charge in [0.15, 0.2) is 0 Å². The van der Waals surface area contributed by atoms with Crippen molar-refractivity contribution >= 4 is 33.4 Å². The number of anilines is 1. The standard InChI is InChI=1S/C14H16BrN3O3/c15-9-1-2-10-11(7-9)18(14(20)13(10)16)8-12(19)17-3-5-21-6-4-17/h1-2,7,13H,3-6,8,16H2. The summed E-state index contributed by atoms with van der Waals surface area (Å²) in [5, 5.41) is 0. The molecule has 0 radical (unpaired) electrons. The molecule has 0 aliphatic carbocycles. The number of rotatable bonds is 2. The molecular weight excluding hydrogens is 338 g/mol. The second kappa shape index (κ2) is 5.75. The molecule has 1 fully saturated rings. The van der Waals surface area contributed by atoms with Crippen LogP contribution in [0.4, 0.5) is 5.69 Å². The zero-order valence-corrected chi connectivity index (χ0v) is 13.0. The molecule has 0 spiro atoms. The Balaban J connectivity index is 1.81. The van der Waals surface area contributed by atoms with Gasteiger partial charge in [0.2, 0.25) is 11.8 Å². The van der Waals surface area contributed by atoms with Gasteiger partial charge in [0.25, 0.3) is 0 Å². The van der Waals surface area contributed by atoms with Crippen LogP contribution in [0, 0.1) is 0 Å². The van der Waals surface area contributed by atoms with Crippen LogP contribution in [-0.4, -0.2) is 49.6 Å². The average molecular weight is 354 g/mol. The summed E-state index contributed by atoms with van der Waals surface area (Å²) < 4.78 is 6.08. The van der Waals surface area contributed by atoms with Gasteiger partial charge in [0, 0.05) is 23.1 Å². The predicted octanol–water partition coefficient (Wildman–Crippen LogP) is 0.654. The smallest absolute Gasteiger partial charge is 0.249 e. The summed E-state index contributed by atoms with van der Waals surface area (Å²) in [7, 11) is 0. The third kappa shape index (κ3) is 2.68. The SMILES string of the molecule is NC1C(=O)N(CC(=O)N2CCOCC2)c2cc(Br)ccc21. The van der Waals surface area contributed by atoms with Gasteiger partial charge in [-0.2, -0.15) is 0 Å². The Morgan fingerprint density at radius 3 is 2.81 bits per heavy atom. The highest BCUT2D eigenvalue weighted by molar-refractivity contribution is 9.10. The third-order valence-electron chi connectivity index (χ3n) is 3.81. The van der Waals surface area contributed by atoms with E-state index >= 15 is 0 Å². The summed E-state index contributed by atoms with van der Waals surface area (Å²) in [6.45, 7) is 2.25. The van der Waals surface area contributed by atoms with Gasteiger partial charge < -0.3 is 20.3 Å². The molecule has 0 aromatic heterocycles. The van der Waals surface area contributed by atoms with Crippen LogP contribution in [0.2, 0.25) is 0 Å². The molecular formula is C14H16BrN3O3. The van der Waals surface area contributed by atoms with E-state index in [4.69, 9.17) is 10.5 Å². The highest BCUT2D eigenvalue weighted by atomic mass is 79.9. The number of halogens is 1. The van der Waals surface area contributed by atoms with Crippen molar-refractivity contribution in [2.24, 2.45) is 5.73 Å². The van der Waals surface area contributed by atoms with Gasteiger partial charge in [-0.3, -0.25) is 9.59 Å². The maximum absolute atomic E-state index is 12.3. The van der Waals surface area contributed by atoms with Crippen LogP contribution in [0.5, 0.6) is 0 Å². The first-order chi connectivity index (χ1) is 10.1. The van der Waals surface area contributed by atoms with E-state index in [-0.39, 0.29) is 18.4 Å². The first-order valence-electron chi connectivity index (χ1n) is 6.80. The molecule has 7 heteroatoms. The lowest BCUT2D eigenvalue weighted by Gasteiger charge is -2.29. The molecule has 112 valence electrons. The molecule has 1 aromatic rings. The largest absolute Gasteiger partial charge is 0.378 e. The Kier molecular flexibility index (Phi) is 3.97. The summed E-state index contributed by atoms with van der Waals surface area (Å²) >= 11 is 3.38. The van der Waals surface area contributed by atoms with Crippen molar-refractivity contribution in [1.29, 1.82) is 0 Å². The van der Waals surface area contributed by atoms with Crippen molar-refractivity contribution in [3.8, 4) is 0 Å². The van der Waals surface area contributed by atoms with Gasteiger partial charge in [0.05, 0.1) is 18.9 Å². The van der Waals surface area contributed by atoms with Gasteiger partial charge in [-0.05, 0) is 12.1 Å². The number of amides is 2. The van der Waals surface area contributed by atoms with Crippen molar-refractivity contribution in [3.05, 3.63) is 28.2 Å². The molecule has 0 bridgehead atoms. The first-order valence-corrected chi connectivity index (χ1v) is 7.59. The minimum atomic E-state index is -0.689. The Hall–Kier alpha value is -1.44. The molecule has 1 unspecified atom stereocenters. The number of hydrogen-bond donors (Lipinski definition) is 1. The Labute approximate surface area is 131 Å². The molecule has 1 atom stereocenters. The Morgan fingerprint density at radius 2 is 2.10 bits per heavy atom. The second-order valence-electron chi connectivity index (χ2n) is 5.10. The molecule has 2 N–H and O–H groups in total. The lowest BCUT2D eigenvalue weighted by Crippen LogP contribution is -2.47. The van der Waals surface area contributed by atoms with Crippen molar-refractivity contribution in [3.63, 3.8) is 0 Å². The average Bonchev–Trinajstić information content (AvgIpc) is 2.73. The number of morpholine rings is 1. The quantitative estimate of drug-likeness (QED) is 0.847. The minimum Gasteiger partial charge on any atom is -0.378 e. The number of fused-ring (bicyclic) bond motifs is 1. The fraction of sp³-hybridized carbons (Fsp3) is 0.429. The van der Waals surface area contributed by atoms with Crippen LogP contribution < -0.4 is 10.6 Å². The molecule has 1 saturated heterocycles. The zero-order valence-electron chi connectivity index (χ0n) is 11.4. The lowest BCUT2D eigenvalue weighted by atomic mass is 10.1. The fourth-order valence-electron chi connectivity index (χ4n) is 2.64. The Bertz CT molecular complexity index is 587. The van der Waals surface area contributed by atoms with Crippen molar-refractivity contribution in [1.82, 2.24) is 4.90 Å². The van der Waals surface area contributed by atoms with E-state index < -0.39 is 6.04 Å². The van der Waals surface area contributed by atoms with E-state index in [0.717, 1.165) is 10.0 Å². The lowest BCUT2D eigenvalue weighted by molar-refractivity contribution is -0.135. The molecule has 6 nitrogen and oxygen atoms in total. The van der Waals surface area contributed by atoms with Gasteiger partial charge in [-0.25, -0.2) is 0 Å². The van der Waals surface area contributed by atoms with E-state index in [2.05, 4.69) is 15.9 Å². The zero-order chi connectivity index (χ0) is 15.0. The molecule has 2 aliphatic heterocycles. The van der Waals surface area contributed by atoms with Crippen LogP contribution in [0.25, 0.3) is 0 Å². The second-order valence-corrected chi connectivity index (χ2v) is 6.01. The molecule has 1 aromatic carbocycles. The molecule has 21 heavy (non-hydrogen) atoms. The van der Waals surface area contributed by atoms with Gasteiger partial charge in [-0.15, -0.1) is 0 Å². The number of carbonyl (C=O) groups excluding carboxylic acids is 2. The predicted molar refractivity (Wildman–Crippen MR) is 80.8 cm³/mol. The maximum Gasteiger partial charge on any atom is 0.249 e. The number of ether oxygens (including phenoxy) is 1. The van der Waals surface area contributed by atoms with Crippen LogP contribution in [0.1, 0.15) is 11.6 Å². The van der Waals surface area contributed by atoms with Crippen LogP contribution in [-0.2, 0) is 14.3 Å². The highest BCUT2D eigenvalue weighted by Crippen LogP contribution is 2.36. The fourth-order valence-corrected chi connectivity index (χ4v) is 2.99. The molecule has 2 heterocycles. The molecule has 0 saturated carbocycles. The number of nitrogens with zero attached hydrogens (tertiary/aromatic N) is 2. The van der Waals surface area contributed by atoms with Gasteiger partial charge in [0.1, 0.15) is 12.6 Å². The van der Waals surface area contributed by atoms with Gasteiger partial charge >= 0.3 is 0 Å². The minimum absolute atomic E-state index is 0.0238. The van der Waals surface area contributed by atoms with E-state index in [1.54, 1.807) is 4.90 Å². The van der Waals surface area contributed by atoms with E-state index in [0.29, 0.717) is 32.0 Å². The number of hydrogen-bond acceptors (Lipinski definition) is 4. The van der Waals surface area contributed by atoms with E-state index in [1.807, 2.05) is 18.2 Å². The number of benzene rings is 1. The third-order valence-corrected chi connectivity index (χ3v) is 4.30. The summed E-state index contributed by atoms with van der Waals surface area (Å²) in [6, 6.07) is 4.80. The Morgan fingerprint density at radius 1 is 1.38 bits per heavy atom. The summed E-state index contributed by atoms with van der Waals surface area (Å²) in [6.07, 6.45) is 0. The van der Waals surface area contributed by atoms with Crippen LogP contribution in [0.3, 0.4) is 0 Å². The van der Waals surface area contributed by atoms with Crippen LogP contribution >= 0.6 is 15.9 Å². The van der Waals surface area contributed by atoms with Crippen molar-refractivity contribution in [2.45, 2.75) is 6.04 Å². The normalized spacial score (nSPS) is 21.6. The summed E-state index contributed by atoms with van der Waals surface area (Å²) in [5.74, 6) is -0.309. The number of nitrogens with two attached hydrogens (primary N) is 1. The maximum atomic E-state index is 12.3. The van der Waals surface area contributed by atoms with Crippen molar-refractivity contribution < 1.29 is 14.3 Å². The van der Waals surface area contributed by atoms with E-state index in [9.17, 15) is 9.59 Å². The van der Waals surface area contributed by atoms with Crippen LogP contribution in [0.15, 0.2) is 22.7 Å². The van der Waals surface area contributed by atoms with Gasteiger partial charge in [-0.1, -0.05) is 22.0 Å². The molecule has 3 rings (SSSR count). The summed E-state index contributed by atoms with van der Waals surface area (Å²) in [5.41, 5.74) is 7.41. The number of carbonyl (C=O) groups is 2. The molecule has 2 amide bonds.